The summed E-state index contributed by atoms with van der Waals surface area (Å²) in [6, 6.07) is 19.7. The molecule has 0 aliphatic carbocycles. The zero-order valence-electron chi connectivity index (χ0n) is 16.0. The molecule has 1 amide bonds. The van der Waals surface area contributed by atoms with Gasteiger partial charge in [-0.15, -0.1) is 0 Å². The van der Waals surface area contributed by atoms with E-state index in [0.717, 1.165) is 10.8 Å². The quantitative estimate of drug-likeness (QED) is 0.275. The average molecular weight is 385 g/mol. The van der Waals surface area contributed by atoms with E-state index < -0.39 is 10.8 Å². The first-order chi connectivity index (χ1) is 13.9. The number of carbonyl (C=O) groups is 1. The molecule has 144 valence electrons. The standard InChI is InChI=1S/C23H19N3O3/c1-15(2)19-11-10-16(13-22(19)26(28)29)12-18(14-24)23(27)25-21-9-5-7-17-6-3-4-8-20(17)21/h3-13,15H,1-2H3,(H,25,27). The van der Waals surface area contributed by atoms with Crippen LogP contribution in [0.4, 0.5) is 11.4 Å². The van der Waals surface area contributed by atoms with E-state index in [1.807, 2.05) is 56.3 Å². The molecule has 0 atom stereocenters. The fraction of sp³-hybridized carbons (Fsp3) is 0.130. The van der Waals surface area contributed by atoms with Crippen molar-refractivity contribution in [3.8, 4) is 6.07 Å². The number of nitrogens with one attached hydrogen (secondary N) is 1. The number of nitrogens with zero attached hydrogens (tertiary/aromatic N) is 2. The normalized spacial score (nSPS) is 11.3. The highest BCUT2D eigenvalue weighted by Crippen LogP contribution is 2.28. The van der Waals surface area contributed by atoms with Gasteiger partial charge in [0.2, 0.25) is 0 Å². The minimum absolute atomic E-state index is 0.0153. The van der Waals surface area contributed by atoms with Crippen molar-refractivity contribution in [2.45, 2.75) is 19.8 Å². The number of carbonyl (C=O) groups excluding carboxylic acids is 1. The molecule has 3 aromatic carbocycles. The van der Waals surface area contributed by atoms with Crippen LogP contribution in [-0.2, 0) is 4.79 Å². The van der Waals surface area contributed by atoms with Crippen LogP contribution in [0.15, 0.2) is 66.2 Å². The molecule has 0 radical (unpaired) electrons. The first-order valence-electron chi connectivity index (χ1n) is 9.10. The second-order valence-corrected chi connectivity index (χ2v) is 6.88. The number of nitro benzene ring substituents is 1. The van der Waals surface area contributed by atoms with Crippen LogP contribution >= 0.6 is 0 Å². The zero-order valence-corrected chi connectivity index (χ0v) is 16.0. The van der Waals surface area contributed by atoms with Crippen LogP contribution in [0.3, 0.4) is 0 Å². The highest BCUT2D eigenvalue weighted by Gasteiger charge is 2.18. The van der Waals surface area contributed by atoms with Crippen molar-refractivity contribution >= 4 is 34.1 Å². The van der Waals surface area contributed by atoms with Crippen LogP contribution in [0.5, 0.6) is 0 Å². The van der Waals surface area contributed by atoms with Gasteiger partial charge in [-0.2, -0.15) is 5.26 Å². The van der Waals surface area contributed by atoms with Gasteiger partial charge in [0.1, 0.15) is 11.6 Å². The monoisotopic (exact) mass is 385 g/mol. The van der Waals surface area contributed by atoms with E-state index in [9.17, 15) is 20.2 Å². The first-order valence-corrected chi connectivity index (χ1v) is 9.10. The van der Waals surface area contributed by atoms with E-state index in [0.29, 0.717) is 16.8 Å². The van der Waals surface area contributed by atoms with Crippen LogP contribution in [0.1, 0.15) is 30.9 Å². The van der Waals surface area contributed by atoms with Gasteiger partial charge >= 0.3 is 0 Å². The maximum atomic E-state index is 12.6. The molecule has 0 aliphatic heterocycles. The Labute approximate surface area is 168 Å². The number of rotatable bonds is 5. The molecule has 0 aromatic heterocycles. The van der Waals surface area contributed by atoms with Gasteiger partial charge in [0.05, 0.1) is 4.92 Å². The maximum Gasteiger partial charge on any atom is 0.273 e. The van der Waals surface area contributed by atoms with Crippen molar-refractivity contribution in [2.75, 3.05) is 5.32 Å². The Morgan fingerprint density at radius 2 is 1.86 bits per heavy atom. The van der Waals surface area contributed by atoms with Gasteiger partial charge in [-0.3, -0.25) is 14.9 Å². The molecule has 3 rings (SSSR count). The molecular weight excluding hydrogens is 366 g/mol. The number of nitro groups is 1. The Morgan fingerprint density at radius 3 is 2.55 bits per heavy atom. The summed E-state index contributed by atoms with van der Waals surface area (Å²) in [7, 11) is 0. The van der Waals surface area contributed by atoms with Crippen molar-refractivity contribution in [1.29, 1.82) is 5.26 Å². The van der Waals surface area contributed by atoms with Crippen LogP contribution < -0.4 is 5.32 Å². The summed E-state index contributed by atoms with van der Waals surface area (Å²) < 4.78 is 0. The number of hydrogen-bond acceptors (Lipinski definition) is 4. The van der Waals surface area contributed by atoms with Gasteiger partial charge in [-0.1, -0.05) is 62.4 Å². The van der Waals surface area contributed by atoms with Gasteiger partial charge in [-0.05, 0) is 29.0 Å². The van der Waals surface area contributed by atoms with Gasteiger partial charge in [-0.25, -0.2) is 0 Å². The third kappa shape index (κ3) is 4.30. The van der Waals surface area contributed by atoms with Crippen LogP contribution in [0.2, 0.25) is 0 Å². The summed E-state index contributed by atoms with van der Waals surface area (Å²) >= 11 is 0. The maximum absolute atomic E-state index is 12.6. The van der Waals surface area contributed by atoms with E-state index in [-0.39, 0.29) is 17.2 Å². The molecule has 0 fully saturated rings. The Morgan fingerprint density at radius 1 is 1.14 bits per heavy atom. The predicted octanol–water partition coefficient (Wildman–Crippen LogP) is 5.42. The molecule has 3 aromatic rings. The molecule has 0 spiro atoms. The fourth-order valence-electron chi connectivity index (χ4n) is 3.14. The van der Waals surface area contributed by atoms with E-state index in [1.165, 1.54) is 12.1 Å². The predicted molar refractivity (Wildman–Crippen MR) is 113 cm³/mol. The Hall–Kier alpha value is -3.98. The molecule has 0 heterocycles. The van der Waals surface area contributed by atoms with Gasteiger partial charge in [0, 0.05) is 22.7 Å². The Kier molecular flexibility index (Phi) is 5.70. The number of benzene rings is 3. The highest BCUT2D eigenvalue weighted by molar-refractivity contribution is 6.12. The highest BCUT2D eigenvalue weighted by atomic mass is 16.6. The van der Waals surface area contributed by atoms with E-state index >= 15 is 0 Å². The van der Waals surface area contributed by atoms with E-state index in [2.05, 4.69) is 5.32 Å². The number of nitriles is 1. The number of anilines is 1. The SMILES string of the molecule is CC(C)c1ccc(C=C(C#N)C(=O)Nc2cccc3ccccc23)cc1[N+](=O)[O-]. The van der Waals surface area contributed by atoms with Crippen molar-refractivity contribution in [1.82, 2.24) is 0 Å². The molecule has 0 unspecified atom stereocenters. The van der Waals surface area contributed by atoms with Gasteiger partial charge in [0.15, 0.2) is 0 Å². The first kappa shape index (κ1) is 19.8. The summed E-state index contributed by atoms with van der Waals surface area (Å²) in [5.41, 5.74) is 1.46. The average Bonchev–Trinajstić information content (AvgIpc) is 2.71. The molecular formula is C23H19N3O3. The van der Waals surface area contributed by atoms with Crippen LogP contribution in [0.25, 0.3) is 16.8 Å². The Bertz CT molecular complexity index is 1170. The van der Waals surface area contributed by atoms with Crippen molar-refractivity contribution in [2.24, 2.45) is 0 Å². The smallest absolute Gasteiger partial charge is 0.273 e. The molecule has 6 nitrogen and oxygen atoms in total. The third-order valence-electron chi connectivity index (χ3n) is 4.59. The lowest BCUT2D eigenvalue weighted by Crippen LogP contribution is -2.13. The van der Waals surface area contributed by atoms with Crippen molar-refractivity contribution < 1.29 is 9.72 Å². The molecule has 0 aliphatic rings. The molecule has 0 bridgehead atoms. The Balaban J connectivity index is 1.94. The number of amides is 1. The minimum atomic E-state index is -0.570. The van der Waals surface area contributed by atoms with Crippen LogP contribution in [-0.4, -0.2) is 10.8 Å². The molecule has 6 heteroatoms. The van der Waals surface area contributed by atoms with Crippen LogP contribution in [0, 0.1) is 21.4 Å². The molecule has 1 N–H and O–H groups in total. The topological polar surface area (TPSA) is 96.0 Å². The minimum Gasteiger partial charge on any atom is -0.321 e. The summed E-state index contributed by atoms with van der Waals surface area (Å²) in [6.07, 6.45) is 1.36. The van der Waals surface area contributed by atoms with Gasteiger partial charge in [0.25, 0.3) is 11.6 Å². The lowest BCUT2D eigenvalue weighted by molar-refractivity contribution is -0.385. The summed E-state index contributed by atoms with van der Waals surface area (Å²) in [6.45, 7) is 3.74. The van der Waals surface area contributed by atoms with Crippen molar-refractivity contribution in [3.63, 3.8) is 0 Å². The lowest BCUT2D eigenvalue weighted by Gasteiger charge is -2.09. The summed E-state index contributed by atoms with van der Waals surface area (Å²) in [5, 5.41) is 25.4. The number of hydrogen-bond donors (Lipinski definition) is 1. The summed E-state index contributed by atoms with van der Waals surface area (Å²) in [5.74, 6) is -0.585. The zero-order chi connectivity index (χ0) is 21.0. The molecule has 29 heavy (non-hydrogen) atoms. The van der Waals surface area contributed by atoms with E-state index in [4.69, 9.17) is 0 Å². The number of fused-ring (bicyclic) bond motifs is 1. The largest absolute Gasteiger partial charge is 0.321 e. The lowest BCUT2D eigenvalue weighted by atomic mass is 9.98. The second-order valence-electron chi connectivity index (χ2n) is 6.88. The molecule has 0 saturated carbocycles. The fourth-order valence-corrected chi connectivity index (χ4v) is 3.14. The molecule has 0 saturated heterocycles. The van der Waals surface area contributed by atoms with Crippen molar-refractivity contribution in [3.05, 3.63) is 87.5 Å². The van der Waals surface area contributed by atoms with E-state index in [1.54, 1.807) is 18.2 Å². The third-order valence-corrected chi connectivity index (χ3v) is 4.59. The van der Waals surface area contributed by atoms with Gasteiger partial charge < -0.3 is 5.32 Å². The second kappa shape index (κ2) is 8.36. The summed E-state index contributed by atoms with van der Waals surface area (Å²) in [4.78, 5) is 23.6.